The highest BCUT2D eigenvalue weighted by Crippen LogP contribution is 1.81. The van der Waals surface area contributed by atoms with E-state index in [2.05, 4.69) is 11.5 Å². The number of imide groups is 2. The SMILES string of the molecule is CN(C(N)=O)C(=O)NC(N)=O. The number of urea groups is 3. The number of primary amides is 2. The van der Waals surface area contributed by atoms with Gasteiger partial charge in [-0.2, -0.15) is 0 Å². The molecule has 0 aliphatic carbocycles. The molecule has 0 aromatic carbocycles. The van der Waals surface area contributed by atoms with Gasteiger partial charge in [0, 0.05) is 7.05 Å². The van der Waals surface area contributed by atoms with E-state index in [0.717, 1.165) is 7.05 Å². The maximum Gasteiger partial charge on any atom is 0.333 e. The van der Waals surface area contributed by atoms with Crippen LogP contribution >= 0.6 is 0 Å². The van der Waals surface area contributed by atoms with Crippen molar-refractivity contribution in [1.82, 2.24) is 10.2 Å². The van der Waals surface area contributed by atoms with E-state index in [1.54, 1.807) is 5.32 Å². The largest absolute Gasteiger partial charge is 0.351 e. The first-order valence-corrected chi connectivity index (χ1v) is 2.58. The van der Waals surface area contributed by atoms with Crippen LogP contribution in [-0.2, 0) is 0 Å². The van der Waals surface area contributed by atoms with Gasteiger partial charge in [-0.1, -0.05) is 0 Å². The molecule has 0 bridgehead atoms. The molecule has 5 N–H and O–H groups in total. The summed E-state index contributed by atoms with van der Waals surface area (Å²) in [5, 5.41) is 1.65. The van der Waals surface area contributed by atoms with Gasteiger partial charge in [0.1, 0.15) is 0 Å². The van der Waals surface area contributed by atoms with Crippen LogP contribution in [0.15, 0.2) is 0 Å². The van der Waals surface area contributed by atoms with E-state index in [0.29, 0.717) is 4.90 Å². The Hall–Kier alpha value is -1.79. The first kappa shape index (κ1) is 9.21. The van der Waals surface area contributed by atoms with Crippen molar-refractivity contribution >= 4 is 18.1 Å². The summed E-state index contributed by atoms with van der Waals surface area (Å²) in [5.41, 5.74) is 9.27. The minimum Gasteiger partial charge on any atom is -0.351 e. The standard InChI is InChI=1S/C4H8N4O3/c1-8(3(6)10)4(11)7-2(5)9/h1H3,(H2,6,10)(H3,5,7,9,11). The van der Waals surface area contributed by atoms with Crippen molar-refractivity contribution < 1.29 is 14.4 Å². The van der Waals surface area contributed by atoms with Gasteiger partial charge >= 0.3 is 18.1 Å². The quantitative estimate of drug-likeness (QED) is 0.412. The van der Waals surface area contributed by atoms with Gasteiger partial charge in [-0.3, -0.25) is 5.32 Å². The fraction of sp³-hybridized carbons (Fsp3) is 0.250. The zero-order chi connectivity index (χ0) is 9.02. The number of rotatable bonds is 0. The highest BCUT2D eigenvalue weighted by Gasteiger charge is 2.13. The number of amides is 6. The van der Waals surface area contributed by atoms with Gasteiger partial charge in [-0.15, -0.1) is 0 Å². The zero-order valence-corrected chi connectivity index (χ0v) is 5.83. The zero-order valence-electron chi connectivity index (χ0n) is 5.83. The maximum atomic E-state index is 10.6. The third-order valence-electron chi connectivity index (χ3n) is 0.865. The van der Waals surface area contributed by atoms with Gasteiger partial charge in [0.25, 0.3) is 0 Å². The van der Waals surface area contributed by atoms with Crippen molar-refractivity contribution in [1.29, 1.82) is 0 Å². The van der Waals surface area contributed by atoms with Gasteiger partial charge in [0.15, 0.2) is 0 Å². The third kappa shape index (κ3) is 3.04. The molecule has 0 spiro atoms. The lowest BCUT2D eigenvalue weighted by molar-refractivity contribution is 0.199. The predicted octanol–water partition coefficient (Wildman–Crippen LogP) is -1.21. The Balaban J connectivity index is 4.04. The molecule has 0 saturated carbocycles. The Kier molecular flexibility index (Phi) is 2.84. The van der Waals surface area contributed by atoms with E-state index in [4.69, 9.17) is 0 Å². The summed E-state index contributed by atoms with van der Waals surface area (Å²) in [7, 11) is 1.11. The van der Waals surface area contributed by atoms with Crippen LogP contribution in [0.1, 0.15) is 0 Å². The summed E-state index contributed by atoms with van der Waals surface area (Å²) in [6, 6.07) is -2.96. The summed E-state index contributed by atoms with van der Waals surface area (Å²) >= 11 is 0. The second-order valence-electron chi connectivity index (χ2n) is 1.69. The molecule has 0 heterocycles. The molecule has 0 saturated heterocycles. The molecule has 62 valence electrons. The van der Waals surface area contributed by atoms with Crippen molar-refractivity contribution in [3.8, 4) is 0 Å². The Labute approximate surface area is 62.3 Å². The highest BCUT2D eigenvalue weighted by atomic mass is 16.2. The van der Waals surface area contributed by atoms with Crippen LogP contribution in [-0.4, -0.2) is 30.0 Å². The summed E-state index contributed by atoms with van der Waals surface area (Å²) in [6.07, 6.45) is 0. The molecule has 7 nitrogen and oxygen atoms in total. The molecule has 0 unspecified atom stereocenters. The van der Waals surface area contributed by atoms with Crippen LogP contribution in [0, 0.1) is 0 Å². The summed E-state index contributed by atoms with van der Waals surface area (Å²) < 4.78 is 0. The first-order chi connectivity index (χ1) is 4.95. The van der Waals surface area contributed by atoms with Crippen LogP contribution < -0.4 is 16.8 Å². The van der Waals surface area contributed by atoms with Gasteiger partial charge in [0.05, 0.1) is 0 Å². The number of hydrogen-bond acceptors (Lipinski definition) is 3. The molecule has 0 radical (unpaired) electrons. The van der Waals surface area contributed by atoms with Crippen molar-refractivity contribution in [2.75, 3.05) is 7.05 Å². The molecule has 0 aromatic heterocycles. The predicted molar refractivity (Wildman–Crippen MR) is 35.5 cm³/mol. The van der Waals surface area contributed by atoms with Crippen molar-refractivity contribution in [2.24, 2.45) is 11.5 Å². The molecule has 0 atom stereocenters. The molecule has 7 heteroatoms. The van der Waals surface area contributed by atoms with Crippen LogP contribution in [0.2, 0.25) is 0 Å². The molecular formula is C4H8N4O3. The minimum atomic E-state index is -1.04. The molecule has 0 aliphatic heterocycles. The Morgan fingerprint density at radius 3 is 2.00 bits per heavy atom. The van der Waals surface area contributed by atoms with Crippen LogP contribution in [0.3, 0.4) is 0 Å². The van der Waals surface area contributed by atoms with Crippen molar-refractivity contribution in [3.63, 3.8) is 0 Å². The van der Waals surface area contributed by atoms with E-state index in [9.17, 15) is 14.4 Å². The highest BCUT2D eigenvalue weighted by molar-refractivity contribution is 6.00. The molecule has 11 heavy (non-hydrogen) atoms. The third-order valence-corrected chi connectivity index (χ3v) is 0.865. The maximum absolute atomic E-state index is 10.6. The average Bonchev–Trinajstić information content (AvgIpc) is 1.84. The molecular weight excluding hydrogens is 152 g/mol. The van der Waals surface area contributed by atoms with E-state index >= 15 is 0 Å². The average molecular weight is 160 g/mol. The van der Waals surface area contributed by atoms with Crippen LogP contribution in [0.4, 0.5) is 14.4 Å². The Morgan fingerprint density at radius 2 is 1.73 bits per heavy atom. The smallest absolute Gasteiger partial charge is 0.333 e. The fourth-order valence-corrected chi connectivity index (χ4v) is 0.289. The minimum absolute atomic E-state index is 0.519. The van der Waals surface area contributed by atoms with E-state index < -0.39 is 18.1 Å². The lowest BCUT2D eigenvalue weighted by Crippen LogP contribution is -2.47. The number of carbonyl (C=O) groups is 3. The molecule has 0 fully saturated rings. The van der Waals surface area contributed by atoms with Gasteiger partial charge in [0.2, 0.25) is 0 Å². The number of nitrogens with one attached hydrogen (secondary N) is 1. The van der Waals surface area contributed by atoms with Gasteiger partial charge in [-0.25, -0.2) is 19.3 Å². The van der Waals surface area contributed by atoms with Crippen molar-refractivity contribution in [2.45, 2.75) is 0 Å². The Bertz CT molecular complexity index is 202. The fourth-order valence-electron chi connectivity index (χ4n) is 0.289. The van der Waals surface area contributed by atoms with E-state index in [1.165, 1.54) is 0 Å². The molecule has 6 amide bonds. The van der Waals surface area contributed by atoms with Gasteiger partial charge in [-0.05, 0) is 0 Å². The van der Waals surface area contributed by atoms with Gasteiger partial charge < -0.3 is 11.5 Å². The first-order valence-electron chi connectivity index (χ1n) is 2.58. The lowest BCUT2D eigenvalue weighted by atomic mass is 10.7. The van der Waals surface area contributed by atoms with Crippen LogP contribution in [0.25, 0.3) is 0 Å². The lowest BCUT2D eigenvalue weighted by Gasteiger charge is -2.10. The Morgan fingerprint density at radius 1 is 1.27 bits per heavy atom. The number of nitrogens with two attached hydrogens (primary N) is 2. The van der Waals surface area contributed by atoms with Crippen LogP contribution in [0.5, 0.6) is 0 Å². The summed E-state index contributed by atoms with van der Waals surface area (Å²) in [5.74, 6) is 0. The number of carbonyl (C=O) groups excluding carboxylic acids is 3. The molecule has 0 aromatic rings. The molecule has 0 rings (SSSR count). The summed E-state index contributed by atoms with van der Waals surface area (Å²) in [6.45, 7) is 0. The van der Waals surface area contributed by atoms with Crippen molar-refractivity contribution in [3.05, 3.63) is 0 Å². The monoisotopic (exact) mass is 160 g/mol. The van der Waals surface area contributed by atoms with E-state index in [1.807, 2.05) is 0 Å². The molecule has 0 aliphatic rings. The second-order valence-corrected chi connectivity index (χ2v) is 1.69. The number of hydrogen-bond donors (Lipinski definition) is 3. The topological polar surface area (TPSA) is 119 Å². The summed E-state index contributed by atoms with van der Waals surface area (Å²) in [4.78, 5) is 31.4. The number of nitrogens with zero attached hydrogens (tertiary/aromatic N) is 1. The van der Waals surface area contributed by atoms with E-state index in [-0.39, 0.29) is 0 Å². The normalized spacial score (nSPS) is 8.45. The second kappa shape index (κ2) is 3.40.